The molecule has 0 amide bonds. The van der Waals surface area contributed by atoms with Gasteiger partial charge in [0.2, 0.25) is 0 Å². The molecule has 2 aromatic carbocycles. The van der Waals surface area contributed by atoms with Crippen molar-refractivity contribution in [2.24, 2.45) is 0 Å². The van der Waals surface area contributed by atoms with E-state index in [9.17, 15) is 4.79 Å². The lowest BCUT2D eigenvalue weighted by Crippen LogP contribution is -2.32. The quantitative estimate of drug-likeness (QED) is 0.460. The Labute approximate surface area is 182 Å². The molecule has 4 rings (SSSR count). The molecule has 1 aliphatic carbocycles. The number of nitrogens with one attached hydrogen (secondary N) is 1. The number of hydrogen-bond acceptors (Lipinski definition) is 3. The minimum atomic E-state index is -0.910. The van der Waals surface area contributed by atoms with E-state index in [1.54, 1.807) is 12.1 Å². The predicted octanol–water partition coefficient (Wildman–Crippen LogP) is 7.51. The van der Waals surface area contributed by atoms with Crippen LogP contribution in [0.1, 0.15) is 66.9 Å². The first kappa shape index (κ1) is 20.7. The summed E-state index contributed by atoms with van der Waals surface area (Å²) >= 11 is 1.94. The predicted molar refractivity (Wildman–Crippen MR) is 126 cm³/mol. The molecule has 0 bridgehead atoms. The second kappa shape index (κ2) is 7.28. The van der Waals surface area contributed by atoms with Crippen molar-refractivity contribution >= 4 is 28.7 Å². The van der Waals surface area contributed by atoms with Crippen LogP contribution >= 0.6 is 11.3 Å². The molecule has 156 valence electrons. The smallest absolute Gasteiger partial charge is 0.335 e. The van der Waals surface area contributed by atoms with Crippen molar-refractivity contribution in [3.05, 3.63) is 70.1 Å². The molecule has 0 spiro atoms. The van der Waals surface area contributed by atoms with Crippen molar-refractivity contribution < 1.29 is 9.90 Å². The molecule has 2 N–H and O–H groups in total. The molecule has 1 aromatic heterocycles. The van der Waals surface area contributed by atoms with Crippen LogP contribution in [0.4, 0.5) is 11.4 Å². The van der Waals surface area contributed by atoms with Gasteiger partial charge in [0, 0.05) is 26.7 Å². The number of aromatic carboxylic acids is 1. The van der Waals surface area contributed by atoms with Crippen molar-refractivity contribution in [2.75, 3.05) is 5.32 Å². The van der Waals surface area contributed by atoms with Crippen LogP contribution in [0.15, 0.2) is 48.5 Å². The van der Waals surface area contributed by atoms with Gasteiger partial charge in [0.05, 0.1) is 5.56 Å². The van der Waals surface area contributed by atoms with Crippen LogP contribution in [-0.4, -0.2) is 11.1 Å². The Balaban J connectivity index is 1.78. The highest BCUT2D eigenvalue weighted by atomic mass is 32.1. The topological polar surface area (TPSA) is 49.3 Å². The highest BCUT2D eigenvalue weighted by molar-refractivity contribution is 7.16. The number of carboxylic acid groups (broad SMARTS) is 1. The number of benzene rings is 2. The highest BCUT2D eigenvalue weighted by Gasteiger charge is 2.40. The van der Waals surface area contributed by atoms with Crippen LogP contribution in [0.5, 0.6) is 0 Å². The number of carboxylic acids is 1. The van der Waals surface area contributed by atoms with Crippen molar-refractivity contribution in [3.8, 4) is 10.4 Å². The van der Waals surface area contributed by atoms with Crippen LogP contribution < -0.4 is 5.32 Å². The van der Waals surface area contributed by atoms with E-state index in [4.69, 9.17) is 5.11 Å². The lowest BCUT2D eigenvalue weighted by atomic mass is 9.66. The van der Waals surface area contributed by atoms with Gasteiger partial charge in [0.15, 0.2) is 0 Å². The highest BCUT2D eigenvalue weighted by Crippen LogP contribution is 2.54. The Morgan fingerprint density at radius 1 is 0.967 bits per heavy atom. The van der Waals surface area contributed by atoms with Crippen molar-refractivity contribution in [2.45, 2.75) is 58.3 Å². The first-order valence-corrected chi connectivity index (χ1v) is 11.3. The molecule has 0 atom stereocenters. The fourth-order valence-electron chi connectivity index (χ4n) is 4.57. The van der Waals surface area contributed by atoms with E-state index < -0.39 is 5.97 Å². The Bertz CT molecular complexity index is 1110. The molecule has 0 unspecified atom stereocenters. The van der Waals surface area contributed by atoms with Gasteiger partial charge >= 0.3 is 5.97 Å². The zero-order valence-corrected chi connectivity index (χ0v) is 19.1. The van der Waals surface area contributed by atoms with Crippen LogP contribution in [-0.2, 0) is 10.8 Å². The molecule has 0 saturated carbocycles. The summed E-state index contributed by atoms with van der Waals surface area (Å²) in [5.41, 5.74) is 6.72. The first-order chi connectivity index (χ1) is 14.1. The average molecular weight is 420 g/mol. The number of carbonyl (C=O) groups is 1. The van der Waals surface area contributed by atoms with E-state index in [0.717, 1.165) is 11.4 Å². The maximum absolute atomic E-state index is 11.1. The van der Waals surface area contributed by atoms with E-state index in [1.165, 1.54) is 39.3 Å². The van der Waals surface area contributed by atoms with E-state index in [1.807, 2.05) is 29.5 Å². The summed E-state index contributed by atoms with van der Waals surface area (Å²) in [6, 6.07) is 15.3. The monoisotopic (exact) mass is 419 g/mol. The number of anilines is 2. The van der Waals surface area contributed by atoms with Gasteiger partial charge in [0.25, 0.3) is 0 Å². The molecule has 1 heterocycles. The summed E-state index contributed by atoms with van der Waals surface area (Å²) in [5, 5.41) is 12.6. The minimum Gasteiger partial charge on any atom is -0.478 e. The third-order valence-corrected chi connectivity index (χ3v) is 8.09. The number of fused-ring (bicyclic) bond motifs is 1. The second-order valence-corrected chi connectivity index (χ2v) is 10.6. The van der Waals surface area contributed by atoms with Gasteiger partial charge in [-0.1, -0.05) is 45.9 Å². The van der Waals surface area contributed by atoms with Gasteiger partial charge in [-0.05, 0) is 72.1 Å². The van der Waals surface area contributed by atoms with E-state index >= 15 is 0 Å². The van der Waals surface area contributed by atoms with Crippen LogP contribution in [0, 0.1) is 6.92 Å². The Kier molecular flexibility index (Phi) is 5.01. The molecule has 4 heteroatoms. The van der Waals surface area contributed by atoms with Crippen LogP contribution in [0.3, 0.4) is 0 Å². The van der Waals surface area contributed by atoms with Crippen LogP contribution in [0.2, 0.25) is 0 Å². The van der Waals surface area contributed by atoms with Crippen molar-refractivity contribution in [1.82, 2.24) is 0 Å². The molecule has 1 aliphatic rings. The molecule has 0 radical (unpaired) electrons. The fraction of sp³-hybridized carbons (Fsp3) is 0.346. The normalized spacial score (nSPS) is 16.7. The number of para-hydroxylation sites is 1. The molecule has 0 saturated heterocycles. The summed E-state index contributed by atoms with van der Waals surface area (Å²) in [6.45, 7) is 11.8. The van der Waals surface area contributed by atoms with Gasteiger partial charge in [-0.2, -0.15) is 0 Å². The zero-order chi connectivity index (χ0) is 21.7. The third kappa shape index (κ3) is 3.54. The maximum Gasteiger partial charge on any atom is 0.335 e. The number of thiophene rings is 1. The molecule has 0 fully saturated rings. The average Bonchev–Trinajstić information content (AvgIpc) is 3.06. The lowest BCUT2D eigenvalue weighted by molar-refractivity contribution is 0.0697. The second-order valence-electron chi connectivity index (χ2n) is 9.58. The SMILES string of the molecule is Cc1c(-c2ccccc2Nc2ccc(C(=O)O)cc2)sc2c1C(C)(C)CCC2(C)C. The molecule has 30 heavy (non-hydrogen) atoms. The summed E-state index contributed by atoms with van der Waals surface area (Å²) < 4.78 is 0. The van der Waals surface area contributed by atoms with E-state index in [2.05, 4.69) is 58.1 Å². The Hall–Kier alpha value is -2.59. The van der Waals surface area contributed by atoms with E-state index in [0.29, 0.717) is 5.56 Å². The van der Waals surface area contributed by atoms with Gasteiger partial charge in [-0.3, -0.25) is 0 Å². The zero-order valence-electron chi connectivity index (χ0n) is 18.3. The standard InChI is InChI=1S/C26H29NO2S/c1-16-21-23(26(4,5)15-14-25(21,2)3)30-22(16)19-8-6-7-9-20(19)27-18-12-10-17(11-13-18)24(28)29/h6-13,27H,14-15H2,1-5H3,(H,28,29). The van der Waals surface area contributed by atoms with Gasteiger partial charge < -0.3 is 10.4 Å². The molecular weight excluding hydrogens is 390 g/mol. The maximum atomic E-state index is 11.1. The number of rotatable bonds is 4. The first-order valence-electron chi connectivity index (χ1n) is 10.4. The van der Waals surface area contributed by atoms with Crippen molar-refractivity contribution in [1.29, 1.82) is 0 Å². The van der Waals surface area contributed by atoms with E-state index in [-0.39, 0.29) is 10.8 Å². The van der Waals surface area contributed by atoms with Crippen molar-refractivity contribution in [3.63, 3.8) is 0 Å². The van der Waals surface area contributed by atoms with Gasteiger partial charge in [-0.25, -0.2) is 4.79 Å². The third-order valence-electron chi connectivity index (χ3n) is 6.40. The summed E-state index contributed by atoms with van der Waals surface area (Å²) in [5.74, 6) is -0.910. The molecular formula is C26H29NO2S. The minimum absolute atomic E-state index is 0.193. The Morgan fingerprint density at radius 3 is 2.23 bits per heavy atom. The molecule has 3 nitrogen and oxygen atoms in total. The van der Waals surface area contributed by atoms with Gasteiger partial charge in [0.1, 0.15) is 0 Å². The Morgan fingerprint density at radius 2 is 1.60 bits per heavy atom. The van der Waals surface area contributed by atoms with Gasteiger partial charge in [-0.15, -0.1) is 11.3 Å². The summed E-state index contributed by atoms with van der Waals surface area (Å²) in [6.07, 6.45) is 2.42. The lowest BCUT2D eigenvalue weighted by Gasteiger charge is -2.39. The molecule has 0 aliphatic heterocycles. The summed E-state index contributed by atoms with van der Waals surface area (Å²) in [7, 11) is 0. The fourth-order valence-corrected chi connectivity index (χ4v) is 6.22. The largest absolute Gasteiger partial charge is 0.478 e. The van der Waals surface area contributed by atoms with Crippen LogP contribution in [0.25, 0.3) is 10.4 Å². The number of hydrogen-bond donors (Lipinski definition) is 2. The molecule has 3 aromatic rings. The summed E-state index contributed by atoms with van der Waals surface area (Å²) in [4.78, 5) is 14.0.